The Bertz CT molecular complexity index is 589. The van der Waals surface area contributed by atoms with Gasteiger partial charge in [0.15, 0.2) is 0 Å². The first-order chi connectivity index (χ1) is 13.3. The van der Waals surface area contributed by atoms with Gasteiger partial charge in [-0.1, -0.05) is 38.8 Å². The highest BCUT2D eigenvalue weighted by molar-refractivity contribution is 5.11. The van der Waals surface area contributed by atoms with Gasteiger partial charge in [0, 0.05) is 0 Å². The van der Waals surface area contributed by atoms with Crippen LogP contribution in [0.3, 0.4) is 0 Å². The first kappa shape index (κ1) is 21.0. The smallest absolute Gasteiger partial charge is 0.0599 e. The summed E-state index contributed by atoms with van der Waals surface area (Å²) >= 11 is 0. The number of aliphatic hydroxyl groups excluding tert-OH is 1. The molecule has 0 amide bonds. The van der Waals surface area contributed by atoms with Crippen LogP contribution in [0.15, 0.2) is 11.6 Å². The molecule has 0 spiro atoms. The lowest BCUT2D eigenvalue weighted by Gasteiger charge is -2.62. The van der Waals surface area contributed by atoms with Crippen molar-refractivity contribution in [2.24, 2.45) is 46.3 Å². The molecule has 0 aromatic rings. The van der Waals surface area contributed by atoms with Gasteiger partial charge in [0.1, 0.15) is 0 Å². The van der Waals surface area contributed by atoms with Gasteiger partial charge in [-0.2, -0.15) is 0 Å². The van der Waals surface area contributed by atoms with E-state index in [0.717, 1.165) is 41.9 Å². The normalized spacial score (nSPS) is 48.9. The van der Waals surface area contributed by atoms with Gasteiger partial charge in [-0.25, -0.2) is 0 Å². The molecule has 4 aliphatic carbocycles. The van der Waals surface area contributed by atoms with Gasteiger partial charge >= 0.3 is 0 Å². The zero-order chi connectivity index (χ0) is 20.1. The Morgan fingerprint density at radius 1 is 1.00 bits per heavy atom. The lowest BCUT2D eigenvalue weighted by Crippen LogP contribution is -2.57. The lowest BCUT2D eigenvalue weighted by atomic mass is 9.44. The Balaban J connectivity index is 1.51. The van der Waals surface area contributed by atoms with Crippen LogP contribution in [0, 0.1) is 46.3 Å². The molecule has 0 saturated heterocycles. The second-order valence-corrected chi connectivity index (χ2v) is 12.0. The molecule has 2 unspecified atom stereocenters. The lowest BCUT2D eigenvalue weighted by molar-refractivity contribution is -0.164. The van der Waals surface area contributed by atoms with Crippen LogP contribution in [-0.2, 0) is 0 Å². The van der Waals surface area contributed by atoms with E-state index in [0.29, 0.717) is 5.41 Å². The van der Waals surface area contributed by atoms with Gasteiger partial charge in [0.05, 0.1) is 6.10 Å². The summed E-state index contributed by atoms with van der Waals surface area (Å²) in [5.41, 5.74) is 2.25. The van der Waals surface area contributed by atoms with Crippen LogP contribution in [-0.4, -0.2) is 11.2 Å². The van der Waals surface area contributed by atoms with Gasteiger partial charge in [-0.3, -0.25) is 0 Å². The maximum atomic E-state index is 11.1. The minimum absolute atomic E-state index is 0.0383. The summed E-state index contributed by atoms with van der Waals surface area (Å²) in [5, 5.41) is 11.1. The molecule has 4 saturated carbocycles. The molecule has 0 radical (unpaired) electrons. The van der Waals surface area contributed by atoms with Crippen molar-refractivity contribution in [3.05, 3.63) is 11.6 Å². The van der Waals surface area contributed by atoms with Crippen LogP contribution in [0.4, 0.5) is 0 Å². The van der Waals surface area contributed by atoms with E-state index in [-0.39, 0.29) is 11.5 Å². The predicted molar refractivity (Wildman–Crippen MR) is 119 cm³/mol. The number of allylic oxidation sites excluding steroid dienone is 2. The minimum atomic E-state index is -0.0383. The van der Waals surface area contributed by atoms with Gasteiger partial charge in [0.25, 0.3) is 0 Å². The second kappa shape index (κ2) is 7.75. The van der Waals surface area contributed by atoms with E-state index in [2.05, 4.69) is 40.7 Å². The highest BCUT2D eigenvalue weighted by atomic mass is 16.3. The molecule has 1 nitrogen and oxygen atoms in total. The maximum Gasteiger partial charge on any atom is 0.0599 e. The number of hydrogen-bond donors (Lipinski definition) is 1. The zero-order valence-corrected chi connectivity index (χ0v) is 19.3. The van der Waals surface area contributed by atoms with Crippen molar-refractivity contribution in [1.82, 2.24) is 0 Å². The fraction of sp³-hybridized carbons (Fsp3) is 0.926. The first-order valence-electron chi connectivity index (χ1n) is 12.6. The van der Waals surface area contributed by atoms with Gasteiger partial charge in [-0.15, -0.1) is 0 Å². The Hall–Kier alpha value is -0.300. The Morgan fingerprint density at radius 2 is 1.79 bits per heavy atom. The molecule has 0 heterocycles. The van der Waals surface area contributed by atoms with Crippen molar-refractivity contribution in [2.45, 2.75) is 111 Å². The van der Waals surface area contributed by atoms with Crippen LogP contribution in [0.25, 0.3) is 0 Å². The molecule has 0 bridgehead atoms. The molecule has 1 N–H and O–H groups in total. The summed E-state index contributed by atoms with van der Waals surface area (Å²) in [7, 11) is 0. The Labute approximate surface area is 174 Å². The van der Waals surface area contributed by atoms with Crippen molar-refractivity contribution in [3.8, 4) is 0 Å². The summed E-state index contributed by atoms with van der Waals surface area (Å²) in [6.45, 7) is 12.2. The quantitative estimate of drug-likeness (QED) is 0.499. The van der Waals surface area contributed by atoms with E-state index < -0.39 is 0 Å². The topological polar surface area (TPSA) is 20.2 Å². The summed E-state index contributed by atoms with van der Waals surface area (Å²) in [6.07, 6.45) is 17.3. The van der Waals surface area contributed by atoms with E-state index in [9.17, 15) is 5.11 Å². The van der Waals surface area contributed by atoms with Crippen molar-refractivity contribution >= 4 is 0 Å². The molecular formula is C27H46O. The molecule has 4 aliphatic rings. The molecule has 4 rings (SSSR count). The number of aliphatic hydroxyl groups is 1. The Kier molecular flexibility index (Phi) is 5.80. The van der Waals surface area contributed by atoms with Gasteiger partial charge in [0.2, 0.25) is 0 Å². The molecule has 0 aromatic carbocycles. The zero-order valence-electron chi connectivity index (χ0n) is 19.3. The molecular weight excluding hydrogens is 340 g/mol. The van der Waals surface area contributed by atoms with Crippen LogP contribution >= 0.6 is 0 Å². The molecule has 4 fully saturated rings. The minimum Gasteiger partial charge on any atom is -0.393 e. The number of fused-ring (bicyclic) bond motifs is 5. The van der Waals surface area contributed by atoms with Crippen molar-refractivity contribution in [3.63, 3.8) is 0 Å². The van der Waals surface area contributed by atoms with E-state index in [1.54, 1.807) is 0 Å². The highest BCUT2D eigenvalue weighted by Crippen LogP contribution is 2.68. The molecule has 28 heavy (non-hydrogen) atoms. The monoisotopic (exact) mass is 386 g/mol. The van der Waals surface area contributed by atoms with E-state index in [1.165, 1.54) is 69.8 Å². The SMILES string of the molecule is CC(C)=CCC[C@@H](C)[C@H]1CC[C@H]2[C@@H]3CCC4CCCC(O)[C@]4(C)[C@H]3CC[C@]12C. The molecule has 0 aliphatic heterocycles. The number of rotatable bonds is 4. The third-order valence-corrected chi connectivity index (χ3v) is 10.6. The standard InChI is InChI=1S/C27H46O/c1-18(2)8-6-9-19(3)22-14-15-23-21-13-12-20-10-7-11-25(28)27(20,5)24(21)16-17-26(22,23)4/h8,19-25,28H,6-7,9-17H2,1-5H3/t19-,20?,21+,22-,23+,24+,25?,26-,27+/m1/s1. The van der Waals surface area contributed by atoms with Crippen LogP contribution in [0.5, 0.6) is 0 Å². The average Bonchev–Trinajstić information content (AvgIpc) is 3.00. The van der Waals surface area contributed by atoms with E-state index in [4.69, 9.17) is 0 Å². The third kappa shape index (κ3) is 3.23. The highest BCUT2D eigenvalue weighted by Gasteiger charge is 2.61. The third-order valence-electron chi connectivity index (χ3n) is 10.6. The van der Waals surface area contributed by atoms with Gasteiger partial charge in [-0.05, 0) is 124 Å². The molecule has 0 aromatic heterocycles. The first-order valence-corrected chi connectivity index (χ1v) is 12.6. The van der Waals surface area contributed by atoms with E-state index in [1.807, 2.05) is 0 Å². The molecule has 1 heteroatoms. The average molecular weight is 387 g/mol. The maximum absolute atomic E-state index is 11.1. The fourth-order valence-corrected chi connectivity index (χ4v) is 9.12. The van der Waals surface area contributed by atoms with Crippen molar-refractivity contribution < 1.29 is 5.11 Å². The summed E-state index contributed by atoms with van der Waals surface area (Å²) in [4.78, 5) is 0. The predicted octanol–water partition coefficient (Wildman–Crippen LogP) is 7.39. The van der Waals surface area contributed by atoms with E-state index >= 15 is 0 Å². The molecule has 9 atom stereocenters. The number of hydrogen-bond acceptors (Lipinski definition) is 1. The van der Waals surface area contributed by atoms with Crippen LogP contribution < -0.4 is 0 Å². The second-order valence-electron chi connectivity index (χ2n) is 12.0. The van der Waals surface area contributed by atoms with Crippen LogP contribution in [0.1, 0.15) is 105 Å². The van der Waals surface area contributed by atoms with Crippen molar-refractivity contribution in [2.75, 3.05) is 0 Å². The Morgan fingerprint density at radius 3 is 2.54 bits per heavy atom. The summed E-state index contributed by atoms with van der Waals surface area (Å²) < 4.78 is 0. The van der Waals surface area contributed by atoms with Gasteiger partial charge < -0.3 is 5.11 Å². The van der Waals surface area contributed by atoms with Crippen LogP contribution in [0.2, 0.25) is 0 Å². The van der Waals surface area contributed by atoms with Crippen molar-refractivity contribution in [1.29, 1.82) is 0 Å². The fourth-order valence-electron chi connectivity index (χ4n) is 9.12. The molecule has 160 valence electrons. The largest absolute Gasteiger partial charge is 0.393 e. The summed E-state index contributed by atoms with van der Waals surface area (Å²) in [5.74, 6) is 5.18. The summed E-state index contributed by atoms with van der Waals surface area (Å²) in [6, 6.07) is 0.